The average molecular weight is 458 g/mol. The van der Waals surface area contributed by atoms with Crippen molar-refractivity contribution in [2.24, 2.45) is 7.05 Å². The van der Waals surface area contributed by atoms with Gasteiger partial charge in [-0.1, -0.05) is 5.21 Å². The molecule has 2 N–H and O–H groups in total. The molecule has 11 heteroatoms. The zero-order valence-corrected chi connectivity index (χ0v) is 18.5. The van der Waals surface area contributed by atoms with Gasteiger partial charge in [-0.05, 0) is 51.1 Å². The predicted octanol–water partition coefficient (Wildman–Crippen LogP) is 2.35. The fourth-order valence-electron chi connectivity index (χ4n) is 3.76. The van der Waals surface area contributed by atoms with E-state index in [1.165, 1.54) is 12.1 Å². The van der Waals surface area contributed by atoms with Crippen LogP contribution in [0.25, 0.3) is 11.0 Å². The van der Waals surface area contributed by atoms with Crippen molar-refractivity contribution < 1.29 is 9.18 Å². The van der Waals surface area contributed by atoms with Crippen LogP contribution in [-0.2, 0) is 13.5 Å². The Morgan fingerprint density at radius 1 is 1.30 bits per heavy atom. The Morgan fingerprint density at radius 3 is 2.77 bits per heavy atom. The lowest BCUT2D eigenvalue weighted by Crippen LogP contribution is -2.30. The van der Waals surface area contributed by atoms with E-state index in [1.54, 1.807) is 6.07 Å². The molecule has 8 nitrogen and oxygen atoms in total. The van der Waals surface area contributed by atoms with E-state index in [2.05, 4.69) is 25.9 Å². The first-order chi connectivity index (χ1) is 13.5. The summed E-state index contributed by atoms with van der Waals surface area (Å²) in [6.07, 6.45) is 2.51. The van der Waals surface area contributed by atoms with Crippen LogP contribution >= 0.6 is 24.8 Å². The SMILES string of the molecule is Cc1c(C(=O)NCCc2nc3ccc(F)cc3n2C)nnn1C1CCNCC1.Cl.Cl. The first-order valence-electron chi connectivity index (χ1n) is 9.56. The molecule has 0 spiro atoms. The molecule has 2 aromatic heterocycles. The van der Waals surface area contributed by atoms with Crippen molar-refractivity contribution in [1.82, 2.24) is 35.2 Å². The van der Waals surface area contributed by atoms with Gasteiger partial charge in [-0.3, -0.25) is 4.79 Å². The second-order valence-electron chi connectivity index (χ2n) is 7.18. The maximum atomic E-state index is 13.4. The van der Waals surface area contributed by atoms with Crippen LogP contribution in [0.1, 0.15) is 40.9 Å². The number of fused-ring (bicyclic) bond motifs is 1. The highest BCUT2D eigenvalue weighted by atomic mass is 35.5. The Balaban J connectivity index is 0.00000160. The molecule has 0 radical (unpaired) electrons. The second-order valence-corrected chi connectivity index (χ2v) is 7.18. The summed E-state index contributed by atoms with van der Waals surface area (Å²) >= 11 is 0. The summed E-state index contributed by atoms with van der Waals surface area (Å²) in [5.74, 6) is 0.265. The van der Waals surface area contributed by atoms with Gasteiger partial charge in [0.05, 0.1) is 22.8 Å². The monoisotopic (exact) mass is 457 g/mol. The average Bonchev–Trinajstić information content (AvgIpc) is 3.23. The topological polar surface area (TPSA) is 89.7 Å². The summed E-state index contributed by atoms with van der Waals surface area (Å²) in [5.41, 5.74) is 2.64. The van der Waals surface area contributed by atoms with Crippen molar-refractivity contribution in [2.45, 2.75) is 32.2 Å². The van der Waals surface area contributed by atoms with Crippen LogP contribution in [0.2, 0.25) is 0 Å². The van der Waals surface area contributed by atoms with E-state index in [0.29, 0.717) is 18.7 Å². The van der Waals surface area contributed by atoms with Gasteiger partial charge in [0, 0.05) is 20.0 Å². The number of benzene rings is 1. The van der Waals surface area contributed by atoms with Crippen molar-refractivity contribution in [2.75, 3.05) is 19.6 Å². The van der Waals surface area contributed by atoms with Crippen LogP contribution in [0.4, 0.5) is 4.39 Å². The van der Waals surface area contributed by atoms with Crippen molar-refractivity contribution in [3.8, 4) is 0 Å². The lowest BCUT2D eigenvalue weighted by atomic mass is 10.1. The highest BCUT2D eigenvalue weighted by Crippen LogP contribution is 2.20. The number of hydrogen-bond donors (Lipinski definition) is 2. The Bertz CT molecular complexity index is 1010. The molecule has 30 heavy (non-hydrogen) atoms. The number of amides is 1. The summed E-state index contributed by atoms with van der Waals surface area (Å²) in [6.45, 7) is 4.20. The van der Waals surface area contributed by atoms with Gasteiger partial charge in [0.25, 0.3) is 5.91 Å². The standard InChI is InChI=1S/C19H24FN7O.2ClH/c1-12-18(24-25-27(12)14-5-8-21-9-6-14)19(28)22-10-7-17-23-15-4-3-13(20)11-16(15)26(17)2;;/h3-4,11,14,21H,5-10H2,1-2H3,(H,22,28);2*1H. The normalized spacial score (nSPS) is 14.2. The number of rotatable bonds is 5. The molecule has 164 valence electrons. The van der Waals surface area contributed by atoms with E-state index in [4.69, 9.17) is 0 Å². The number of nitrogens with one attached hydrogen (secondary N) is 2. The van der Waals surface area contributed by atoms with Crippen LogP contribution < -0.4 is 10.6 Å². The summed E-state index contributed by atoms with van der Waals surface area (Å²) in [4.78, 5) is 17.1. The van der Waals surface area contributed by atoms with Crippen LogP contribution in [0.5, 0.6) is 0 Å². The zero-order valence-electron chi connectivity index (χ0n) is 16.9. The minimum Gasteiger partial charge on any atom is -0.350 e. The zero-order chi connectivity index (χ0) is 19.7. The van der Waals surface area contributed by atoms with Crippen molar-refractivity contribution in [1.29, 1.82) is 0 Å². The van der Waals surface area contributed by atoms with Crippen molar-refractivity contribution in [3.05, 3.63) is 41.2 Å². The second kappa shape index (κ2) is 10.2. The summed E-state index contributed by atoms with van der Waals surface area (Å²) in [6, 6.07) is 4.81. The number of aromatic nitrogens is 5. The highest BCUT2D eigenvalue weighted by molar-refractivity contribution is 5.93. The molecule has 1 aromatic carbocycles. The fraction of sp³-hybridized carbons (Fsp3) is 0.474. The minimum atomic E-state index is -0.289. The third-order valence-electron chi connectivity index (χ3n) is 5.37. The van der Waals surface area contributed by atoms with E-state index >= 15 is 0 Å². The molecule has 0 unspecified atom stereocenters. The van der Waals surface area contributed by atoms with E-state index < -0.39 is 0 Å². The quantitative estimate of drug-likeness (QED) is 0.613. The Kier molecular flexibility index (Phi) is 8.17. The molecule has 4 rings (SSSR count). The van der Waals surface area contributed by atoms with Gasteiger partial charge >= 0.3 is 0 Å². The van der Waals surface area contributed by atoms with E-state index in [9.17, 15) is 9.18 Å². The molecule has 1 amide bonds. The van der Waals surface area contributed by atoms with E-state index in [-0.39, 0.29) is 42.6 Å². The third-order valence-corrected chi connectivity index (χ3v) is 5.37. The van der Waals surface area contributed by atoms with Gasteiger partial charge in [-0.25, -0.2) is 14.1 Å². The molecule has 3 aromatic rings. The van der Waals surface area contributed by atoms with Gasteiger partial charge in [-0.2, -0.15) is 0 Å². The largest absolute Gasteiger partial charge is 0.350 e. The summed E-state index contributed by atoms with van der Waals surface area (Å²) in [7, 11) is 1.85. The lowest BCUT2D eigenvalue weighted by molar-refractivity contribution is 0.0948. The van der Waals surface area contributed by atoms with E-state index in [0.717, 1.165) is 48.5 Å². The maximum Gasteiger partial charge on any atom is 0.273 e. The smallest absolute Gasteiger partial charge is 0.273 e. The van der Waals surface area contributed by atoms with Crippen LogP contribution in [-0.4, -0.2) is 50.1 Å². The summed E-state index contributed by atoms with van der Waals surface area (Å²) in [5, 5.41) is 14.5. The molecule has 0 saturated carbocycles. The van der Waals surface area contributed by atoms with Gasteiger partial charge in [0.2, 0.25) is 0 Å². The molecule has 3 heterocycles. The highest BCUT2D eigenvalue weighted by Gasteiger charge is 2.22. The number of carbonyl (C=O) groups excluding carboxylic acids is 1. The number of imidazole rings is 1. The third kappa shape index (κ3) is 4.74. The van der Waals surface area contributed by atoms with Crippen molar-refractivity contribution in [3.63, 3.8) is 0 Å². The molecule has 1 aliphatic rings. The molecule has 0 atom stereocenters. The number of carbonyl (C=O) groups is 1. The number of piperidine rings is 1. The van der Waals surface area contributed by atoms with Gasteiger partial charge in [0.15, 0.2) is 5.69 Å². The lowest BCUT2D eigenvalue weighted by Gasteiger charge is -2.23. The Morgan fingerprint density at radius 2 is 2.03 bits per heavy atom. The first kappa shape index (κ1) is 24.0. The number of aryl methyl sites for hydroxylation is 1. The molecular weight excluding hydrogens is 432 g/mol. The van der Waals surface area contributed by atoms with Crippen LogP contribution in [0.3, 0.4) is 0 Å². The van der Waals surface area contributed by atoms with Crippen molar-refractivity contribution >= 4 is 41.8 Å². The molecule has 1 aliphatic heterocycles. The van der Waals surface area contributed by atoms with Gasteiger partial charge in [-0.15, -0.1) is 29.9 Å². The van der Waals surface area contributed by atoms with Crippen LogP contribution in [0.15, 0.2) is 18.2 Å². The van der Waals surface area contributed by atoms with Crippen LogP contribution in [0, 0.1) is 12.7 Å². The number of halogens is 3. The maximum absolute atomic E-state index is 13.4. The summed E-state index contributed by atoms with van der Waals surface area (Å²) < 4.78 is 17.2. The number of nitrogens with zero attached hydrogens (tertiary/aromatic N) is 5. The van der Waals surface area contributed by atoms with Gasteiger partial charge in [0.1, 0.15) is 11.6 Å². The fourth-order valence-corrected chi connectivity index (χ4v) is 3.76. The van der Waals surface area contributed by atoms with Gasteiger partial charge < -0.3 is 15.2 Å². The molecule has 0 bridgehead atoms. The molecule has 1 saturated heterocycles. The Labute approximate surface area is 186 Å². The molecule has 1 fully saturated rings. The Hall–Kier alpha value is -2.23. The molecular formula is C19H26Cl2FN7O. The minimum absolute atomic E-state index is 0. The molecule has 0 aliphatic carbocycles. The predicted molar refractivity (Wildman–Crippen MR) is 117 cm³/mol. The van der Waals surface area contributed by atoms with E-state index in [1.807, 2.05) is 23.2 Å². The number of hydrogen-bond acceptors (Lipinski definition) is 5. The first-order valence-corrected chi connectivity index (χ1v) is 9.56.